The van der Waals surface area contributed by atoms with E-state index in [1.807, 2.05) is 0 Å². The Hall–Kier alpha value is -2.38. The lowest BCUT2D eigenvalue weighted by Crippen LogP contribution is -2.37. The summed E-state index contributed by atoms with van der Waals surface area (Å²) < 4.78 is 4.91. The van der Waals surface area contributed by atoms with Crippen LogP contribution in [0.5, 0.6) is 5.88 Å². The molecule has 0 saturated carbocycles. The van der Waals surface area contributed by atoms with E-state index < -0.39 is 11.0 Å². The number of rotatable bonds is 5. The van der Waals surface area contributed by atoms with Gasteiger partial charge in [-0.15, -0.1) is 0 Å². The average Bonchev–Trinajstić information content (AvgIpc) is 2.36. The van der Waals surface area contributed by atoms with Gasteiger partial charge in [0.25, 0.3) is 0 Å². The molecule has 1 N–H and O–H groups in total. The topological polar surface area (TPSA) is 97.6 Å². The number of hydrogen-bond acceptors (Lipinski definition) is 6. The zero-order valence-electron chi connectivity index (χ0n) is 11.2. The predicted octanol–water partition coefficient (Wildman–Crippen LogP) is 0.887. The highest BCUT2D eigenvalue weighted by molar-refractivity contribution is 5.84. The summed E-state index contributed by atoms with van der Waals surface area (Å²) in [4.78, 5) is 27.4. The number of carbonyl (C=O) groups is 1. The molecule has 104 valence electrons. The molecule has 0 aromatic carbocycles. The maximum atomic E-state index is 11.7. The number of ether oxygens (including phenoxy) is 1. The summed E-state index contributed by atoms with van der Waals surface area (Å²) in [6.07, 6.45) is 0. The first-order valence-electron chi connectivity index (χ1n) is 5.54. The first-order valence-corrected chi connectivity index (χ1v) is 5.54. The van der Waals surface area contributed by atoms with Crippen LogP contribution in [0.15, 0.2) is 12.1 Å². The third-order valence-corrected chi connectivity index (χ3v) is 2.42. The molecule has 19 heavy (non-hydrogen) atoms. The molecule has 1 rings (SSSR count). The number of amides is 1. The number of hydrogen-bond donors (Lipinski definition) is 1. The van der Waals surface area contributed by atoms with Crippen LogP contribution in [0, 0.1) is 10.1 Å². The lowest BCUT2D eigenvalue weighted by molar-refractivity contribution is -0.384. The fourth-order valence-corrected chi connectivity index (χ4v) is 1.46. The van der Waals surface area contributed by atoms with E-state index in [1.54, 1.807) is 21.0 Å². The minimum Gasteiger partial charge on any atom is -0.481 e. The maximum absolute atomic E-state index is 11.7. The average molecular weight is 268 g/mol. The molecule has 1 aromatic rings. The molecule has 0 aliphatic heterocycles. The van der Waals surface area contributed by atoms with Crippen molar-refractivity contribution in [2.24, 2.45) is 0 Å². The second-order valence-electron chi connectivity index (χ2n) is 4.08. The number of anilines is 1. The largest absolute Gasteiger partial charge is 0.481 e. The lowest BCUT2D eigenvalue weighted by atomic mass is 10.3. The molecule has 1 aromatic heterocycles. The Morgan fingerprint density at radius 3 is 2.63 bits per heavy atom. The zero-order chi connectivity index (χ0) is 14.6. The number of nitro groups is 1. The van der Waals surface area contributed by atoms with Crippen molar-refractivity contribution in [2.75, 3.05) is 26.5 Å². The van der Waals surface area contributed by atoms with Crippen molar-refractivity contribution < 1.29 is 14.5 Å². The van der Waals surface area contributed by atoms with E-state index in [-0.39, 0.29) is 23.3 Å². The number of carbonyl (C=O) groups excluding carboxylic acids is 1. The Morgan fingerprint density at radius 2 is 2.16 bits per heavy atom. The fraction of sp³-hybridized carbons (Fsp3) is 0.455. The van der Waals surface area contributed by atoms with Crippen molar-refractivity contribution in [3.8, 4) is 5.88 Å². The van der Waals surface area contributed by atoms with Gasteiger partial charge in [-0.1, -0.05) is 0 Å². The van der Waals surface area contributed by atoms with E-state index in [2.05, 4.69) is 10.3 Å². The maximum Gasteiger partial charge on any atom is 0.311 e. The van der Waals surface area contributed by atoms with Crippen LogP contribution >= 0.6 is 0 Å². The molecule has 0 radical (unpaired) electrons. The van der Waals surface area contributed by atoms with Crippen molar-refractivity contribution in [1.82, 2.24) is 9.88 Å². The van der Waals surface area contributed by atoms with Crippen molar-refractivity contribution in [3.05, 3.63) is 22.2 Å². The third kappa shape index (κ3) is 3.54. The minimum atomic E-state index is -0.631. The van der Waals surface area contributed by atoms with Gasteiger partial charge in [-0.05, 0) is 6.92 Å². The van der Waals surface area contributed by atoms with Crippen LogP contribution in [0.3, 0.4) is 0 Å². The van der Waals surface area contributed by atoms with E-state index in [1.165, 1.54) is 24.1 Å². The van der Waals surface area contributed by atoms with Gasteiger partial charge in [-0.25, -0.2) is 0 Å². The zero-order valence-corrected chi connectivity index (χ0v) is 11.2. The van der Waals surface area contributed by atoms with Gasteiger partial charge >= 0.3 is 5.69 Å². The van der Waals surface area contributed by atoms with Crippen LogP contribution in [-0.2, 0) is 4.79 Å². The molecular weight excluding hydrogens is 252 g/mol. The molecule has 0 fully saturated rings. The second kappa shape index (κ2) is 5.98. The fourth-order valence-electron chi connectivity index (χ4n) is 1.46. The van der Waals surface area contributed by atoms with E-state index in [4.69, 9.17) is 4.74 Å². The molecule has 1 heterocycles. The Kier molecular flexibility index (Phi) is 4.62. The Labute approximate surface area is 110 Å². The molecule has 0 aliphatic rings. The molecule has 8 nitrogen and oxygen atoms in total. The van der Waals surface area contributed by atoms with Crippen molar-refractivity contribution in [2.45, 2.75) is 13.0 Å². The summed E-state index contributed by atoms with van der Waals surface area (Å²) in [6, 6.07) is 2.04. The van der Waals surface area contributed by atoms with Crippen LogP contribution < -0.4 is 10.1 Å². The van der Waals surface area contributed by atoms with Gasteiger partial charge in [0.2, 0.25) is 17.6 Å². The Balaban J connectivity index is 3.04. The first-order chi connectivity index (χ1) is 8.86. The summed E-state index contributed by atoms with van der Waals surface area (Å²) in [7, 11) is 4.62. The van der Waals surface area contributed by atoms with Crippen molar-refractivity contribution in [3.63, 3.8) is 0 Å². The molecule has 0 saturated heterocycles. The van der Waals surface area contributed by atoms with Crippen molar-refractivity contribution in [1.29, 1.82) is 0 Å². The van der Waals surface area contributed by atoms with Crippen LogP contribution in [0.4, 0.5) is 11.5 Å². The number of likely N-dealkylation sites (N-methyl/N-ethyl adjacent to an activating group) is 1. The van der Waals surface area contributed by atoms with E-state index in [0.717, 1.165) is 0 Å². The van der Waals surface area contributed by atoms with Gasteiger partial charge < -0.3 is 15.0 Å². The second-order valence-corrected chi connectivity index (χ2v) is 4.08. The van der Waals surface area contributed by atoms with E-state index in [9.17, 15) is 14.9 Å². The molecular formula is C11H16N4O4. The molecule has 1 amide bonds. The third-order valence-electron chi connectivity index (χ3n) is 2.42. The molecule has 0 bridgehead atoms. The molecule has 8 heteroatoms. The molecule has 0 aliphatic carbocycles. The van der Waals surface area contributed by atoms with Gasteiger partial charge in [0.15, 0.2) is 0 Å². The summed E-state index contributed by atoms with van der Waals surface area (Å²) in [5, 5.41) is 13.6. The highest BCUT2D eigenvalue weighted by atomic mass is 16.6. The van der Waals surface area contributed by atoms with Crippen LogP contribution in [0.1, 0.15) is 6.92 Å². The van der Waals surface area contributed by atoms with Crippen LogP contribution in [-0.4, -0.2) is 48.0 Å². The molecule has 1 atom stereocenters. The van der Waals surface area contributed by atoms with E-state index in [0.29, 0.717) is 0 Å². The van der Waals surface area contributed by atoms with Crippen LogP contribution in [0.2, 0.25) is 0 Å². The lowest BCUT2D eigenvalue weighted by Gasteiger charge is -2.18. The normalized spacial score (nSPS) is 11.6. The van der Waals surface area contributed by atoms with Gasteiger partial charge in [0, 0.05) is 26.2 Å². The van der Waals surface area contributed by atoms with E-state index >= 15 is 0 Å². The number of pyridine rings is 1. The SMILES string of the molecule is COc1ccc([N+](=O)[O-])c(NC(C)C(=O)N(C)C)n1. The molecule has 1 unspecified atom stereocenters. The minimum absolute atomic E-state index is 0.00653. The number of nitrogens with zero attached hydrogens (tertiary/aromatic N) is 3. The van der Waals surface area contributed by atoms with Crippen LogP contribution in [0.25, 0.3) is 0 Å². The Bertz CT molecular complexity index is 490. The standard InChI is InChI=1S/C11H16N4O4/c1-7(11(16)14(2)3)12-10-8(15(17)18)5-6-9(13-10)19-4/h5-7H,1-4H3,(H,12,13). The van der Waals surface area contributed by atoms with Gasteiger partial charge in [0.05, 0.1) is 12.0 Å². The molecule has 0 spiro atoms. The van der Waals surface area contributed by atoms with Gasteiger partial charge in [-0.2, -0.15) is 4.98 Å². The quantitative estimate of drug-likeness (QED) is 0.629. The van der Waals surface area contributed by atoms with Crippen molar-refractivity contribution >= 4 is 17.4 Å². The summed E-state index contributed by atoms with van der Waals surface area (Å²) in [6.45, 7) is 1.60. The highest BCUT2D eigenvalue weighted by Crippen LogP contribution is 2.25. The van der Waals surface area contributed by atoms with Gasteiger partial charge in [0.1, 0.15) is 6.04 Å². The summed E-state index contributed by atoms with van der Waals surface area (Å²) >= 11 is 0. The highest BCUT2D eigenvalue weighted by Gasteiger charge is 2.22. The summed E-state index contributed by atoms with van der Waals surface area (Å²) in [5.41, 5.74) is -0.209. The summed E-state index contributed by atoms with van der Waals surface area (Å²) in [5.74, 6) is 0.0311. The number of nitrogens with one attached hydrogen (secondary N) is 1. The monoisotopic (exact) mass is 268 g/mol. The van der Waals surface area contributed by atoms with Gasteiger partial charge in [-0.3, -0.25) is 14.9 Å². The number of methoxy groups -OCH3 is 1. The predicted molar refractivity (Wildman–Crippen MR) is 69.2 cm³/mol. The first kappa shape index (κ1) is 14.7. The Morgan fingerprint density at radius 1 is 1.53 bits per heavy atom. The smallest absolute Gasteiger partial charge is 0.311 e. The number of aromatic nitrogens is 1.